The lowest BCUT2D eigenvalue weighted by molar-refractivity contribution is 0.664. The summed E-state index contributed by atoms with van der Waals surface area (Å²) < 4.78 is 63.8. The van der Waals surface area contributed by atoms with Crippen LogP contribution in [0.2, 0.25) is 0 Å². The molecule has 26 aromatic carbocycles. The molecule has 3 aromatic heterocycles. The first kappa shape index (κ1) is 76.4. The molecule has 0 N–H and O–H groups in total. The van der Waals surface area contributed by atoms with Gasteiger partial charge >= 0.3 is 0 Å². The Morgan fingerprint density at radius 1 is 0.194 bits per heavy atom. The fourth-order valence-electron chi connectivity index (χ4n) is 24.0. The van der Waals surface area contributed by atoms with Crippen LogP contribution in [-0.2, 0) is 5.41 Å². The van der Waals surface area contributed by atoms with Crippen LogP contribution in [0.25, 0.3) is 279 Å². The summed E-state index contributed by atoms with van der Waals surface area (Å²) in [4.78, 5) is 10.1. The third-order valence-corrected chi connectivity index (χ3v) is 30.3. The van der Waals surface area contributed by atoms with Gasteiger partial charge in [0.2, 0.25) is 0 Å². The first-order valence-electron chi connectivity index (χ1n) is 52.9. The van der Waals surface area contributed by atoms with Gasteiger partial charge in [-0.25, -0.2) is 9.97 Å². The first-order chi connectivity index (χ1) is 74.2. The van der Waals surface area contributed by atoms with Crippen LogP contribution in [0.15, 0.2) is 515 Å². The van der Waals surface area contributed by atoms with Gasteiger partial charge in [0.1, 0.15) is 0 Å². The van der Waals surface area contributed by atoms with Gasteiger partial charge < -0.3 is 4.57 Å². The minimum atomic E-state index is -0.465. The molecular formula is C141H91N3. The summed E-state index contributed by atoms with van der Waals surface area (Å²) >= 11 is 0. The van der Waals surface area contributed by atoms with E-state index in [0.717, 1.165) is 82.3 Å². The lowest BCUT2D eigenvalue weighted by Gasteiger charge is -2.24. The highest BCUT2D eigenvalue weighted by Crippen LogP contribution is 2.57. The zero-order valence-electron chi connectivity index (χ0n) is 85.9. The summed E-state index contributed by atoms with van der Waals surface area (Å²) in [6.45, 7) is 4.81. The van der Waals surface area contributed by atoms with E-state index in [0.29, 0.717) is 5.56 Å². The maximum atomic E-state index is 9.23. The zero-order chi connectivity index (χ0) is 101. The molecule has 3 nitrogen and oxygen atoms in total. The number of hydrogen-bond donors (Lipinski definition) is 0. The second-order valence-corrected chi connectivity index (χ2v) is 38.4. The van der Waals surface area contributed by atoms with E-state index < -0.39 is 12.1 Å². The monoisotopic (exact) mass is 1830 g/mol. The van der Waals surface area contributed by atoms with Gasteiger partial charge in [0, 0.05) is 54.5 Å². The van der Waals surface area contributed by atoms with Crippen molar-refractivity contribution in [1.29, 1.82) is 0 Å². The SMILES string of the molecule is CC1(C)c2ccc(-c3c4ccccc4nc4ccccc34)cc2-c2ccc3c4cc(-c5c6ccccc6nc6ccccc56)ccc4n(-c4ccccc4)c3c21.[2H]c1c([2H])c([2H])c2c(-c3c4ccccc4c(-c4ccc(-c5cccc6ccccc56)c5ccccc45)c4ccccc34)c([2H])c([2H])c([2H])c2c1[2H].c1ccc2cc(-c3ccc(-c4c5ccccc5c(-c5cccc6ccccc56)c5ccccc45)c4ccccc34)ccc2c1. The van der Waals surface area contributed by atoms with E-state index in [4.69, 9.17) is 18.2 Å². The van der Waals surface area contributed by atoms with Crippen LogP contribution in [-0.4, -0.2) is 14.5 Å². The number of aromatic nitrogens is 3. The third-order valence-electron chi connectivity index (χ3n) is 30.3. The predicted octanol–water partition coefficient (Wildman–Crippen LogP) is 38.7. The number of benzene rings is 26. The summed E-state index contributed by atoms with van der Waals surface area (Å²) in [5, 5.41) is 27.9. The third kappa shape index (κ3) is 13.4. The van der Waals surface area contributed by atoms with Crippen molar-refractivity contribution < 1.29 is 9.60 Å². The smallest absolute Gasteiger partial charge is 0.0715 e. The minimum Gasteiger partial charge on any atom is -0.309 e. The number of rotatable bonds is 9. The van der Waals surface area contributed by atoms with Crippen LogP contribution >= 0.6 is 0 Å². The van der Waals surface area contributed by atoms with Gasteiger partial charge in [-0.15, -0.1) is 0 Å². The fourth-order valence-corrected chi connectivity index (χ4v) is 24.0. The number of nitrogens with zero attached hydrogens (tertiary/aromatic N) is 3. The molecule has 0 aliphatic heterocycles. The van der Waals surface area contributed by atoms with Crippen LogP contribution in [0.4, 0.5) is 0 Å². The maximum Gasteiger partial charge on any atom is 0.0715 e. The quantitative estimate of drug-likeness (QED) is 0.135. The molecular weight excluding hydrogens is 1740 g/mol. The molecule has 3 heterocycles. The Labute approximate surface area is 843 Å². The summed E-state index contributed by atoms with van der Waals surface area (Å²) in [6.07, 6.45) is 0. The first-order valence-corrected chi connectivity index (χ1v) is 49.4. The molecule has 144 heavy (non-hydrogen) atoms. The summed E-state index contributed by atoms with van der Waals surface area (Å²) in [7, 11) is 0. The normalized spacial score (nSPS) is 13.0. The topological polar surface area (TPSA) is 30.7 Å². The van der Waals surface area contributed by atoms with E-state index in [1.54, 1.807) is 0 Å². The number of fused-ring (bicyclic) bond motifs is 21. The molecule has 30 rings (SSSR count). The molecule has 29 aromatic rings. The van der Waals surface area contributed by atoms with Crippen LogP contribution in [0.5, 0.6) is 0 Å². The Morgan fingerprint density at radius 2 is 0.556 bits per heavy atom. The molecule has 0 saturated carbocycles. The average molecular weight is 1830 g/mol. The highest BCUT2D eigenvalue weighted by atomic mass is 15.0. The Kier molecular flexibility index (Phi) is 18.0. The van der Waals surface area contributed by atoms with Crippen LogP contribution in [0, 0.1) is 0 Å². The fraction of sp³-hybridized carbons (Fsp3) is 0.0213. The van der Waals surface area contributed by atoms with Crippen LogP contribution in [0.1, 0.15) is 34.6 Å². The molecule has 0 atom stereocenters. The molecule has 1 aliphatic carbocycles. The van der Waals surface area contributed by atoms with E-state index in [1.165, 1.54) is 186 Å². The predicted molar refractivity (Wildman–Crippen MR) is 615 cm³/mol. The second kappa shape index (κ2) is 33.9. The van der Waals surface area contributed by atoms with Crippen LogP contribution < -0.4 is 0 Å². The Morgan fingerprint density at radius 3 is 1.08 bits per heavy atom. The largest absolute Gasteiger partial charge is 0.309 e. The van der Waals surface area contributed by atoms with Gasteiger partial charge in [-0.3, -0.25) is 0 Å². The molecule has 0 bridgehead atoms. The molecule has 0 unspecified atom stereocenters. The van der Waals surface area contributed by atoms with Gasteiger partial charge in [0.15, 0.2) is 0 Å². The van der Waals surface area contributed by atoms with Crippen molar-refractivity contribution in [2.45, 2.75) is 19.3 Å². The second-order valence-electron chi connectivity index (χ2n) is 38.4. The van der Waals surface area contributed by atoms with Crippen molar-refractivity contribution in [3.63, 3.8) is 0 Å². The van der Waals surface area contributed by atoms with E-state index in [-0.39, 0.29) is 52.0 Å². The Hall–Kier alpha value is -18.5. The molecule has 1 aliphatic rings. The molecule has 0 amide bonds. The van der Waals surface area contributed by atoms with Crippen molar-refractivity contribution in [3.8, 4) is 106 Å². The standard InChI is InChI=1S/C53H35N3.2C44H28/c1-53(2)43-28-24-32(49-37-16-6-10-20-44(37)54-45-21-11-7-17-38(45)49)30-41(43)35-26-27-36-42-31-33(25-29-48(42)56(52(36)51(35)53)34-14-4-3-5-15-34)50-39-18-8-12-22-46(39)55-47-23-13-9-19-40(47)50;1-3-17-31-29(13-1)15-11-25-33(31)36-27-28-42(35-20-6-5-19-34(35)36)44-40-23-9-7-21-38(40)43(39-22-8-10-24-41(39)44)37-26-12-16-30-14-2-4-18-32(30)37;1-2-14-31-28-32(25-24-29(31)12-1)34-26-27-42(36-18-6-5-17-35(34)36)44-40-21-9-7-19-38(40)43(39-20-8-10-22-41(39)44)37-23-11-15-30-13-3-4-16-33(30)37/h3-31H,1-2H3;2*1-28H/i;2D,4D,12D,14D,16D,18D,26D;. The number of hydrogen-bond acceptors (Lipinski definition) is 2. The highest BCUT2D eigenvalue weighted by Gasteiger charge is 2.40. The van der Waals surface area contributed by atoms with Crippen molar-refractivity contribution in [3.05, 3.63) is 527 Å². The Bertz CT molecular complexity index is 10700. The molecule has 670 valence electrons. The van der Waals surface area contributed by atoms with E-state index in [9.17, 15) is 1.37 Å². The molecule has 0 saturated heterocycles. The molecule has 0 fully saturated rings. The van der Waals surface area contributed by atoms with Gasteiger partial charge in [0.05, 0.1) is 42.7 Å². The Balaban J connectivity index is 0.000000109. The molecule has 0 spiro atoms. The van der Waals surface area contributed by atoms with Gasteiger partial charge in [0.25, 0.3) is 0 Å². The number of para-hydroxylation sites is 5. The average Bonchev–Trinajstić information content (AvgIpc) is 1.62. The molecule has 0 radical (unpaired) electrons. The minimum absolute atomic E-state index is 0.0516. The van der Waals surface area contributed by atoms with Crippen molar-refractivity contribution >= 4 is 173 Å². The zero-order valence-corrected chi connectivity index (χ0v) is 78.9. The lowest BCUT2D eigenvalue weighted by atomic mass is 9.81. The van der Waals surface area contributed by atoms with Crippen molar-refractivity contribution in [2.24, 2.45) is 0 Å². The van der Waals surface area contributed by atoms with Gasteiger partial charge in [-0.05, 0) is 269 Å². The van der Waals surface area contributed by atoms with Gasteiger partial charge in [-0.1, -0.05) is 469 Å². The van der Waals surface area contributed by atoms with Crippen molar-refractivity contribution in [2.75, 3.05) is 0 Å². The lowest BCUT2D eigenvalue weighted by Crippen LogP contribution is -2.16. The van der Waals surface area contributed by atoms with E-state index in [1.807, 2.05) is 36.4 Å². The summed E-state index contributed by atoms with van der Waals surface area (Å²) in [5.74, 6) is 0. The number of pyridine rings is 2. The summed E-state index contributed by atoms with van der Waals surface area (Å²) in [5.41, 5.74) is 30.5. The van der Waals surface area contributed by atoms with Crippen LogP contribution in [0.3, 0.4) is 0 Å². The van der Waals surface area contributed by atoms with Gasteiger partial charge in [-0.2, -0.15) is 0 Å². The van der Waals surface area contributed by atoms with E-state index in [2.05, 4.69) is 455 Å². The highest BCUT2D eigenvalue weighted by molar-refractivity contribution is 6.29. The molecule has 3 heteroatoms. The van der Waals surface area contributed by atoms with Crippen molar-refractivity contribution in [1.82, 2.24) is 14.5 Å². The van der Waals surface area contributed by atoms with E-state index >= 15 is 0 Å². The maximum absolute atomic E-state index is 9.23. The summed E-state index contributed by atoms with van der Waals surface area (Å²) in [6, 6.07) is 167.